The lowest BCUT2D eigenvalue weighted by Crippen LogP contribution is -2.24. The van der Waals surface area contributed by atoms with Crippen molar-refractivity contribution in [1.29, 1.82) is 0 Å². The molecule has 0 aliphatic carbocycles. The lowest BCUT2D eigenvalue weighted by atomic mass is 10.2. The molecule has 0 aliphatic rings. The number of rotatable bonds is 6. The van der Waals surface area contributed by atoms with Crippen LogP contribution in [0.25, 0.3) is 0 Å². The summed E-state index contributed by atoms with van der Waals surface area (Å²) in [5.41, 5.74) is 1.15. The van der Waals surface area contributed by atoms with E-state index in [9.17, 15) is 0 Å². The molecule has 0 bridgehead atoms. The van der Waals surface area contributed by atoms with E-state index in [1.54, 1.807) is 0 Å². The van der Waals surface area contributed by atoms with Crippen molar-refractivity contribution in [1.82, 2.24) is 5.32 Å². The molecule has 1 N–H and O–H groups in total. The van der Waals surface area contributed by atoms with Crippen molar-refractivity contribution in [3.8, 4) is 18.1 Å². The zero-order chi connectivity index (χ0) is 11.8. The first-order chi connectivity index (χ1) is 7.77. The Kier molecular flexibility index (Phi) is 5.45. The lowest BCUT2D eigenvalue weighted by molar-refractivity contribution is 0.363. The maximum Gasteiger partial charge on any atom is 0.148 e. The van der Waals surface area contributed by atoms with E-state index in [0.29, 0.717) is 12.6 Å². The summed E-state index contributed by atoms with van der Waals surface area (Å²) in [5.74, 6) is 3.35. The Bertz CT molecular complexity index is 354. The highest BCUT2D eigenvalue weighted by atomic mass is 16.5. The number of terminal acetylenes is 1. The minimum atomic E-state index is 0.320. The second-order valence-corrected chi connectivity index (χ2v) is 3.79. The number of benzene rings is 1. The van der Waals surface area contributed by atoms with E-state index in [0.717, 1.165) is 24.3 Å². The van der Waals surface area contributed by atoms with Gasteiger partial charge in [0.1, 0.15) is 12.4 Å². The van der Waals surface area contributed by atoms with Crippen LogP contribution in [-0.4, -0.2) is 12.6 Å². The molecule has 1 rings (SSSR count). The summed E-state index contributed by atoms with van der Waals surface area (Å²) in [5, 5.41) is 3.43. The van der Waals surface area contributed by atoms with Crippen molar-refractivity contribution in [2.24, 2.45) is 0 Å². The van der Waals surface area contributed by atoms with Gasteiger partial charge in [0.15, 0.2) is 0 Å². The van der Waals surface area contributed by atoms with Crippen LogP contribution in [-0.2, 0) is 6.54 Å². The largest absolute Gasteiger partial charge is 0.481 e. The zero-order valence-electron chi connectivity index (χ0n) is 9.99. The molecule has 0 saturated carbocycles. The molecular weight excluding hydrogens is 198 g/mol. The van der Waals surface area contributed by atoms with Crippen LogP contribution in [0.2, 0.25) is 0 Å². The van der Waals surface area contributed by atoms with E-state index in [4.69, 9.17) is 11.2 Å². The van der Waals surface area contributed by atoms with Gasteiger partial charge in [-0.05, 0) is 19.4 Å². The predicted octanol–water partition coefficient (Wildman–Crippen LogP) is 2.59. The number of para-hydroxylation sites is 1. The molecule has 0 saturated heterocycles. The molecule has 0 aromatic heterocycles. The standard InChI is InChI=1S/C14H19NO/c1-4-10-16-14-9-7-6-8-13(14)11-15-12(3)5-2/h1,6-9,12,15H,5,10-11H2,2-3H3/t12-/m0/s1. The molecule has 1 aromatic rings. The molecular formula is C14H19NO. The number of nitrogens with one attached hydrogen (secondary N) is 1. The topological polar surface area (TPSA) is 21.3 Å². The Morgan fingerprint density at radius 2 is 2.19 bits per heavy atom. The van der Waals surface area contributed by atoms with Gasteiger partial charge < -0.3 is 10.1 Å². The first-order valence-corrected chi connectivity index (χ1v) is 5.65. The average Bonchev–Trinajstić information content (AvgIpc) is 2.34. The normalized spacial score (nSPS) is 11.8. The summed E-state index contributed by atoms with van der Waals surface area (Å²) in [6.07, 6.45) is 6.30. The molecule has 2 heteroatoms. The highest BCUT2D eigenvalue weighted by Crippen LogP contribution is 2.17. The number of ether oxygens (including phenoxy) is 1. The van der Waals surface area contributed by atoms with Crippen molar-refractivity contribution >= 4 is 0 Å². The van der Waals surface area contributed by atoms with Gasteiger partial charge in [0, 0.05) is 18.2 Å². The Hall–Kier alpha value is -1.46. The third-order valence-electron chi connectivity index (χ3n) is 2.54. The van der Waals surface area contributed by atoms with Gasteiger partial charge >= 0.3 is 0 Å². The van der Waals surface area contributed by atoms with Gasteiger partial charge in [-0.1, -0.05) is 31.0 Å². The van der Waals surface area contributed by atoms with Crippen molar-refractivity contribution in [2.45, 2.75) is 32.9 Å². The SMILES string of the molecule is C#CCOc1ccccc1CN[C@@H](C)CC. The fourth-order valence-corrected chi connectivity index (χ4v) is 1.34. The predicted molar refractivity (Wildman–Crippen MR) is 67.4 cm³/mol. The van der Waals surface area contributed by atoms with Crippen LogP contribution in [0.3, 0.4) is 0 Å². The fourth-order valence-electron chi connectivity index (χ4n) is 1.34. The molecule has 0 radical (unpaired) electrons. The van der Waals surface area contributed by atoms with Crippen LogP contribution in [0.4, 0.5) is 0 Å². The van der Waals surface area contributed by atoms with Gasteiger partial charge in [-0.2, -0.15) is 0 Å². The molecule has 0 amide bonds. The Morgan fingerprint density at radius 1 is 1.44 bits per heavy atom. The Labute approximate surface area is 98.0 Å². The van der Waals surface area contributed by atoms with Crippen molar-refractivity contribution in [3.05, 3.63) is 29.8 Å². The number of hydrogen-bond acceptors (Lipinski definition) is 2. The second-order valence-electron chi connectivity index (χ2n) is 3.79. The van der Waals surface area contributed by atoms with Crippen LogP contribution < -0.4 is 10.1 Å². The minimum Gasteiger partial charge on any atom is -0.481 e. The van der Waals surface area contributed by atoms with Crippen molar-refractivity contribution in [2.75, 3.05) is 6.61 Å². The smallest absolute Gasteiger partial charge is 0.148 e. The monoisotopic (exact) mass is 217 g/mol. The zero-order valence-corrected chi connectivity index (χ0v) is 9.99. The third-order valence-corrected chi connectivity index (χ3v) is 2.54. The van der Waals surface area contributed by atoms with Crippen LogP contribution in [0.5, 0.6) is 5.75 Å². The molecule has 0 heterocycles. The molecule has 0 spiro atoms. The van der Waals surface area contributed by atoms with Gasteiger partial charge in [-0.3, -0.25) is 0 Å². The van der Waals surface area contributed by atoms with E-state index in [1.807, 2.05) is 18.2 Å². The average molecular weight is 217 g/mol. The van der Waals surface area contributed by atoms with Crippen LogP contribution in [0.1, 0.15) is 25.8 Å². The van der Waals surface area contributed by atoms with Crippen molar-refractivity contribution in [3.63, 3.8) is 0 Å². The summed E-state index contributed by atoms with van der Waals surface area (Å²) in [7, 11) is 0. The van der Waals surface area contributed by atoms with Gasteiger partial charge in [0.25, 0.3) is 0 Å². The molecule has 16 heavy (non-hydrogen) atoms. The molecule has 1 atom stereocenters. The summed E-state index contributed by atoms with van der Waals surface area (Å²) >= 11 is 0. The first-order valence-electron chi connectivity index (χ1n) is 5.65. The van der Waals surface area contributed by atoms with Crippen LogP contribution in [0.15, 0.2) is 24.3 Å². The minimum absolute atomic E-state index is 0.320. The van der Waals surface area contributed by atoms with Gasteiger partial charge in [-0.15, -0.1) is 6.42 Å². The fraction of sp³-hybridized carbons (Fsp3) is 0.429. The first kappa shape index (κ1) is 12.6. The molecule has 0 aliphatic heterocycles. The molecule has 86 valence electrons. The lowest BCUT2D eigenvalue weighted by Gasteiger charge is -2.14. The summed E-state index contributed by atoms with van der Waals surface area (Å²) < 4.78 is 5.48. The van der Waals surface area contributed by atoms with Crippen molar-refractivity contribution < 1.29 is 4.74 Å². The Balaban J connectivity index is 2.60. The summed E-state index contributed by atoms with van der Waals surface area (Å²) in [4.78, 5) is 0. The quantitative estimate of drug-likeness (QED) is 0.739. The number of hydrogen-bond donors (Lipinski definition) is 1. The summed E-state index contributed by atoms with van der Waals surface area (Å²) in [6, 6.07) is 8.49. The maximum atomic E-state index is 5.48. The molecule has 0 fully saturated rings. The van der Waals surface area contributed by atoms with Crippen LogP contribution >= 0.6 is 0 Å². The van der Waals surface area contributed by atoms with E-state index in [-0.39, 0.29) is 0 Å². The van der Waals surface area contributed by atoms with E-state index >= 15 is 0 Å². The summed E-state index contributed by atoms with van der Waals surface area (Å²) in [6.45, 7) is 5.47. The maximum absolute atomic E-state index is 5.48. The van der Waals surface area contributed by atoms with E-state index < -0.39 is 0 Å². The molecule has 1 aromatic carbocycles. The highest BCUT2D eigenvalue weighted by molar-refractivity contribution is 5.33. The van der Waals surface area contributed by atoms with Gasteiger partial charge in [0.2, 0.25) is 0 Å². The van der Waals surface area contributed by atoms with E-state index in [2.05, 4.69) is 31.2 Å². The van der Waals surface area contributed by atoms with Gasteiger partial charge in [0.05, 0.1) is 0 Å². The second kappa shape index (κ2) is 6.92. The molecule has 2 nitrogen and oxygen atoms in total. The van der Waals surface area contributed by atoms with Crippen LogP contribution in [0, 0.1) is 12.3 Å². The third kappa shape index (κ3) is 3.96. The van der Waals surface area contributed by atoms with E-state index in [1.165, 1.54) is 0 Å². The van der Waals surface area contributed by atoms with Gasteiger partial charge in [-0.25, -0.2) is 0 Å². The molecule has 0 unspecified atom stereocenters. The Morgan fingerprint density at radius 3 is 2.88 bits per heavy atom. The highest BCUT2D eigenvalue weighted by Gasteiger charge is 2.03.